The van der Waals surface area contributed by atoms with E-state index in [-0.39, 0.29) is 0 Å². The zero-order valence-corrected chi connectivity index (χ0v) is 11.6. The average molecular weight is 276 g/mol. The predicted octanol–water partition coefficient (Wildman–Crippen LogP) is 4.02. The van der Waals surface area contributed by atoms with E-state index in [0.29, 0.717) is 11.9 Å². The Bertz CT molecular complexity index is 370. The van der Waals surface area contributed by atoms with Crippen LogP contribution in [0.5, 0.6) is 0 Å². The van der Waals surface area contributed by atoms with E-state index in [1.807, 2.05) is 23.9 Å². The molecule has 1 heterocycles. The Kier molecular flexibility index (Phi) is 4.28. The first-order valence-electron chi connectivity index (χ1n) is 5.41. The Morgan fingerprint density at radius 1 is 1.50 bits per heavy atom. The molecule has 88 valence electrons. The van der Waals surface area contributed by atoms with E-state index in [9.17, 15) is 0 Å². The van der Waals surface area contributed by atoms with Crippen LogP contribution in [0.3, 0.4) is 0 Å². The summed E-state index contributed by atoms with van der Waals surface area (Å²) >= 11 is 14.0. The lowest BCUT2D eigenvalue weighted by atomic mass is 10.2. The average Bonchev–Trinajstić information content (AvgIpc) is 2.29. The summed E-state index contributed by atoms with van der Waals surface area (Å²) in [5, 5.41) is 0.776. The molecule has 1 aliphatic rings. The quantitative estimate of drug-likeness (QED) is 0.750. The molecular weight excluding hydrogens is 261 g/mol. The molecule has 0 aliphatic carbocycles. The van der Waals surface area contributed by atoms with Gasteiger partial charge >= 0.3 is 0 Å². The monoisotopic (exact) mass is 275 g/mol. The number of halogens is 2. The van der Waals surface area contributed by atoms with Gasteiger partial charge in [0.05, 0.1) is 0 Å². The molecule has 0 spiro atoms. The maximum Gasteiger partial charge on any atom is 0.0488 e. The molecule has 1 nitrogen and oxygen atoms in total. The van der Waals surface area contributed by atoms with Gasteiger partial charge in [-0.25, -0.2) is 0 Å². The van der Waals surface area contributed by atoms with Gasteiger partial charge in [-0.15, -0.1) is 11.6 Å². The van der Waals surface area contributed by atoms with Crippen LogP contribution in [0.2, 0.25) is 5.02 Å². The maximum atomic E-state index is 6.18. The molecule has 0 saturated carbocycles. The van der Waals surface area contributed by atoms with E-state index < -0.39 is 0 Å². The first-order chi connectivity index (χ1) is 7.72. The molecule has 1 unspecified atom stereocenters. The summed E-state index contributed by atoms with van der Waals surface area (Å²) in [6.07, 6.45) is 0. The largest absolute Gasteiger partial charge is 0.367 e. The Hall–Kier alpha value is -0.0500. The zero-order valence-electron chi connectivity index (χ0n) is 9.25. The number of alkyl halides is 1. The standard InChI is InChI=1S/C12H15Cl2NS/c1-9-8-16-5-4-15(9)11-3-2-10(7-13)12(14)6-11/h2-3,6,9H,4-5,7-8H2,1H3. The highest BCUT2D eigenvalue weighted by Gasteiger charge is 2.19. The highest BCUT2D eigenvalue weighted by atomic mass is 35.5. The van der Waals surface area contributed by atoms with Gasteiger partial charge in [-0.3, -0.25) is 0 Å². The molecule has 1 aromatic carbocycles. The lowest BCUT2D eigenvalue weighted by Crippen LogP contribution is -2.40. The van der Waals surface area contributed by atoms with Crippen molar-refractivity contribution in [1.29, 1.82) is 0 Å². The highest BCUT2D eigenvalue weighted by Crippen LogP contribution is 2.28. The van der Waals surface area contributed by atoms with Crippen molar-refractivity contribution < 1.29 is 0 Å². The van der Waals surface area contributed by atoms with Crippen LogP contribution in [0, 0.1) is 0 Å². The molecule has 1 fully saturated rings. The molecule has 1 aliphatic heterocycles. The van der Waals surface area contributed by atoms with Crippen molar-refractivity contribution in [1.82, 2.24) is 0 Å². The maximum absolute atomic E-state index is 6.18. The second kappa shape index (κ2) is 5.52. The van der Waals surface area contributed by atoms with E-state index in [1.165, 1.54) is 17.2 Å². The molecule has 0 aromatic heterocycles. The van der Waals surface area contributed by atoms with E-state index in [0.717, 1.165) is 17.1 Å². The van der Waals surface area contributed by atoms with Crippen LogP contribution in [0.15, 0.2) is 18.2 Å². The Labute approximate surface area is 111 Å². The summed E-state index contributed by atoms with van der Waals surface area (Å²) in [7, 11) is 0. The summed E-state index contributed by atoms with van der Waals surface area (Å²) in [5.74, 6) is 2.86. The third-order valence-electron chi connectivity index (χ3n) is 2.88. The number of hydrogen-bond acceptors (Lipinski definition) is 2. The number of thioether (sulfide) groups is 1. The van der Waals surface area contributed by atoms with Gasteiger partial charge in [-0.2, -0.15) is 11.8 Å². The van der Waals surface area contributed by atoms with Gasteiger partial charge in [0.15, 0.2) is 0 Å². The Balaban J connectivity index is 2.22. The minimum absolute atomic E-state index is 0.477. The first kappa shape index (κ1) is 12.4. The van der Waals surface area contributed by atoms with Crippen molar-refractivity contribution in [3.8, 4) is 0 Å². The molecule has 0 radical (unpaired) electrons. The first-order valence-corrected chi connectivity index (χ1v) is 7.48. The van der Waals surface area contributed by atoms with Crippen LogP contribution in [0.4, 0.5) is 5.69 Å². The van der Waals surface area contributed by atoms with Crippen molar-refractivity contribution in [2.24, 2.45) is 0 Å². The Morgan fingerprint density at radius 3 is 2.94 bits per heavy atom. The van der Waals surface area contributed by atoms with Crippen molar-refractivity contribution >= 4 is 40.7 Å². The van der Waals surface area contributed by atoms with E-state index in [1.54, 1.807) is 0 Å². The Morgan fingerprint density at radius 2 is 2.31 bits per heavy atom. The van der Waals surface area contributed by atoms with E-state index in [4.69, 9.17) is 23.2 Å². The molecule has 1 aromatic rings. The van der Waals surface area contributed by atoms with Crippen molar-refractivity contribution in [3.05, 3.63) is 28.8 Å². The van der Waals surface area contributed by atoms with Crippen LogP contribution in [-0.4, -0.2) is 24.1 Å². The second-order valence-electron chi connectivity index (χ2n) is 4.03. The van der Waals surface area contributed by atoms with Gasteiger partial charge in [-0.1, -0.05) is 17.7 Å². The molecule has 0 bridgehead atoms. The minimum Gasteiger partial charge on any atom is -0.367 e. The third-order valence-corrected chi connectivity index (χ3v) is 4.71. The number of hydrogen-bond donors (Lipinski definition) is 0. The summed E-state index contributed by atoms with van der Waals surface area (Å²) in [4.78, 5) is 2.42. The molecule has 1 saturated heterocycles. The molecular formula is C12H15Cl2NS. The molecule has 2 rings (SSSR count). The predicted molar refractivity (Wildman–Crippen MR) is 75.1 cm³/mol. The molecule has 4 heteroatoms. The van der Waals surface area contributed by atoms with Crippen LogP contribution < -0.4 is 4.90 Å². The summed E-state index contributed by atoms with van der Waals surface area (Å²) in [5.41, 5.74) is 2.22. The van der Waals surface area contributed by atoms with Crippen molar-refractivity contribution in [2.45, 2.75) is 18.8 Å². The molecule has 16 heavy (non-hydrogen) atoms. The van der Waals surface area contributed by atoms with Crippen LogP contribution in [0.1, 0.15) is 12.5 Å². The van der Waals surface area contributed by atoms with Crippen LogP contribution in [0.25, 0.3) is 0 Å². The molecule has 0 N–H and O–H groups in total. The number of anilines is 1. The molecule has 1 atom stereocenters. The van der Waals surface area contributed by atoms with Gasteiger partial charge in [0.2, 0.25) is 0 Å². The van der Waals surface area contributed by atoms with Gasteiger partial charge in [0.1, 0.15) is 0 Å². The zero-order chi connectivity index (χ0) is 11.5. The van der Waals surface area contributed by atoms with Gasteiger partial charge < -0.3 is 4.90 Å². The fourth-order valence-electron chi connectivity index (χ4n) is 1.93. The topological polar surface area (TPSA) is 3.24 Å². The third kappa shape index (κ3) is 2.61. The van der Waals surface area contributed by atoms with Gasteiger partial charge in [-0.05, 0) is 24.6 Å². The van der Waals surface area contributed by atoms with Crippen LogP contribution >= 0.6 is 35.0 Å². The van der Waals surface area contributed by atoms with Crippen molar-refractivity contribution in [2.75, 3.05) is 23.0 Å². The lowest BCUT2D eigenvalue weighted by molar-refractivity contribution is 0.700. The SMILES string of the molecule is CC1CSCCN1c1ccc(CCl)c(Cl)c1. The van der Waals surface area contributed by atoms with E-state index in [2.05, 4.69) is 17.9 Å². The number of benzene rings is 1. The number of nitrogens with zero attached hydrogens (tertiary/aromatic N) is 1. The van der Waals surface area contributed by atoms with Crippen molar-refractivity contribution in [3.63, 3.8) is 0 Å². The fraction of sp³-hybridized carbons (Fsp3) is 0.500. The summed E-state index contributed by atoms with van der Waals surface area (Å²) in [6, 6.07) is 6.76. The number of rotatable bonds is 2. The minimum atomic E-state index is 0.477. The normalized spacial score (nSPS) is 21.2. The van der Waals surface area contributed by atoms with Gasteiger partial charge in [0, 0.05) is 40.7 Å². The summed E-state index contributed by atoms with van der Waals surface area (Å²) in [6.45, 7) is 3.36. The van der Waals surface area contributed by atoms with Gasteiger partial charge in [0.25, 0.3) is 0 Å². The highest BCUT2D eigenvalue weighted by molar-refractivity contribution is 7.99. The smallest absolute Gasteiger partial charge is 0.0488 e. The van der Waals surface area contributed by atoms with Crippen LogP contribution in [-0.2, 0) is 5.88 Å². The second-order valence-corrected chi connectivity index (χ2v) is 5.85. The lowest BCUT2D eigenvalue weighted by Gasteiger charge is -2.35. The van der Waals surface area contributed by atoms with E-state index >= 15 is 0 Å². The fourth-order valence-corrected chi connectivity index (χ4v) is 3.49. The molecule has 0 amide bonds. The summed E-state index contributed by atoms with van der Waals surface area (Å²) < 4.78 is 0.